The minimum absolute atomic E-state index is 0.137. The molecule has 1 N–H and O–H groups in total. The van der Waals surface area contributed by atoms with E-state index in [4.69, 9.17) is 4.74 Å². The highest BCUT2D eigenvalue weighted by Crippen LogP contribution is 2.22. The Morgan fingerprint density at radius 3 is 2.60 bits per heavy atom. The largest absolute Gasteiger partial charge is 0.511 e. The van der Waals surface area contributed by atoms with Gasteiger partial charge in [-0.1, -0.05) is 13.8 Å². The Labute approximate surface area is 88.9 Å². The first-order valence-corrected chi connectivity index (χ1v) is 5.26. The van der Waals surface area contributed by atoms with Gasteiger partial charge in [-0.2, -0.15) is 0 Å². The van der Waals surface area contributed by atoms with Crippen LogP contribution in [0.4, 0.5) is 0 Å². The van der Waals surface area contributed by atoms with Gasteiger partial charge in [0.1, 0.15) is 17.4 Å². The second-order valence-electron chi connectivity index (χ2n) is 3.63. The Bertz CT molecular complexity index is 284. The zero-order valence-electron chi connectivity index (χ0n) is 9.08. The summed E-state index contributed by atoms with van der Waals surface area (Å²) in [4.78, 5) is 23.0. The van der Waals surface area contributed by atoms with E-state index >= 15 is 0 Å². The molecule has 0 aromatic rings. The Balaban J connectivity index is 2.88. The number of carbonyl (C=O) groups is 2. The zero-order valence-corrected chi connectivity index (χ0v) is 9.08. The molecule has 1 aliphatic heterocycles. The molecule has 0 spiro atoms. The molecule has 0 radical (unpaired) electrons. The average molecular weight is 212 g/mol. The van der Waals surface area contributed by atoms with Crippen LogP contribution in [-0.4, -0.2) is 23.0 Å². The topological polar surface area (TPSA) is 63.6 Å². The second-order valence-corrected chi connectivity index (χ2v) is 3.63. The summed E-state index contributed by atoms with van der Waals surface area (Å²) in [7, 11) is 0. The summed E-state index contributed by atoms with van der Waals surface area (Å²) in [6.07, 6.45) is 1.51. The highest BCUT2D eigenvalue weighted by atomic mass is 16.5. The lowest BCUT2D eigenvalue weighted by Crippen LogP contribution is -2.32. The molecule has 0 aromatic carbocycles. The normalized spacial score (nSPS) is 25.1. The summed E-state index contributed by atoms with van der Waals surface area (Å²) < 4.78 is 5.01. The third-order valence-corrected chi connectivity index (χ3v) is 2.40. The molecule has 4 heteroatoms. The van der Waals surface area contributed by atoms with E-state index < -0.39 is 5.97 Å². The molecule has 0 saturated carbocycles. The van der Waals surface area contributed by atoms with Crippen molar-refractivity contribution in [1.82, 2.24) is 0 Å². The quantitative estimate of drug-likeness (QED) is 0.336. The molecule has 1 saturated heterocycles. The first-order valence-electron chi connectivity index (χ1n) is 5.26. The van der Waals surface area contributed by atoms with E-state index in [-0.39, 0.29) is 29.6 Å². The van der Waals surface area contributed by atoms with Crippen LogP contribution in [0.15, 0.2) is 11.3 Å². The lowest BCUT2D eigenvalue weighted by atomic mass is 9.98. The molecule has 1 fully saturated rings. The Hall–Kier alpha value is -1.32. The third kappa shape index (κ3) is 2.58. The molecule has 4 nitrogen and oxygen atoms in total. The predicted molar refractivity (Wildman–Crippen MR) is 54.4 cm³/mol. The van der Waals surface area contributed by atoms with Gasteiger partial charge in [0.15, 0.2) is 5.78 Å². The Kier molecular flexibility index (Phi) is 3.88. The van der Waals surface area contributed by atoms with Gasteiger partial charge in [0, 0.05) is 12.8 Å². The summed E-state index contributed by atoms with van der Waals surface area (Å²) in [6.45, 7) is 3.72. The van der Waals surface area contributed by atoms with Crippen LogP contribution >= 0.6 is 0 Å². The Morgan fingerprint density at radius 1 is 1.47 bits per heavy atom. The van der Waals surface area contributed by atoms with Crippen LogP contribution in [0.3, 0.4) is 0 Å². The molecule has 1 heterocycles. The number of Topliss-reactive ketones (excluding diaryl/α,β-unsaturated/α-hetero) is 1. The monoisotopic (exact) mass is 212 g/mol. The second kappa shape index (κ2) is 4.96. The SMILES string of the molecule is CCCC(O)=C1C(=O)CC(CC)OC1=O. The minimum Gasteiger partial charge on any atom is -0.511 e. The molecule has 84 valence electrons. The van der Waals surface area contributed by atoms with Gasteiger partial charge in [-0.05, 0) is 12.8 Å². The first-order chi connectivity index (χ1) is 7.10. The number of carbonyl (C=O) groups excluding carboxylic acids is 2. The van der Waals surface area contributed by atoms with Gasteiger partial charge >= 0.3 is 5.97 Å². The smallest absolute Gasteiger partial charge is 0.345 e. The summed E-state index contributed by atoms with van der Waals surface area (Å²) in [5.41, 5.74) is -0.151. The van der Waals surface area contributed by atoms with Crippen LogP contribution < -0.4 is 0 Å². The summed E-state index contributed by atoms with van der Waals surface area (Å²) in [5, 5.41) is 9.53. The van der Waals surface area contributed by atoms with Crippen molar-refractivity contribution in [2.75, 3.05) is 0 Å². The maximum atomic E-state index is 11.6. The van der Waals surface area contributed by atoms with Crippen LogP contribution in [0.2, 0.25) is 0 Å². The average Bonchev–Trinajstić information content (AvgIpc) is 2.16. The van der Waals surface area contributed by atoms with Crippen molar-refractivity contribution in [1.29, 1.82) is 0 Å². The van der Waals surface area contributed by atoms with Gasteiger partial charge in [0.05, 0.1) is 0 Å². The number of aliphatic hydroxyl groups is 1. The number of allylic oxidation sites excluding steroid dienone is 1. The van der Waals surface area contributed by atoms with Gasteiger partial charge in [-0.25, -0.2) is 4.79 Å². The fraction of sp³-hybridized carbons (Fsp3) is 0.636. The first kappa shape index (κ1) is 11.8. The highest BCUT2D eigenvalue weighted by Gasteiger charge is 2.33. The number of cyclic esters (lactones) is 1. The number of esters is 1. The van der Waals surface area contributed by atoms with E-state index in [2.05, 4.69) is 0 Å². The predicted octanol–water partition coefficient (Wildman–Crippen LogP) is 1.89. The van der Waals surface area contributed by atoms with Gasteiger partial charge in [0.25, 0.3) is 0 Å². The van der Waals surface area contributed by atoms with Crippen molar-refractivity contribution in [3.8, 4) is 0 Å². The van der Waals surface area contributed by atoms with Crippen LogP contribution in [0, 0.1) is 0 Å². The van der Waals surface area contributed by atoms with Crippen molar-refractivity contribution in [2.24, 2.45) is 0 Å². The standard InChI is InChI=1S/C11H16O4/c1-3-5-8(12)10-9(13)6-7(4-2)15-11(10)14/h7,12H,3-6H2,1-2H3. The maximum Gasteiger partial charge on any atom is 0.345 e. The van der Waals surface area contributed by atoms with Gasteiger partial charge in [-0.15, -0.1) is 0 Å². The van der Waals surface area contributed by atoms with E-state index in [0.717, 1.165) is 0 Å². The summed E-state index contributed by atoms with van der Waals surface area (Å²) >= 11 is 0. The molecule has 0 aliphatic carbocycles. The van der Waals surface area contributed by atoms with Gasteiger partial charge in [0.2, 0.25) is 0 Å². The number of rotatable bonds is 3. The van der Waals surface area contributed by atoms with Crippen molar-refractivity contribution >= 4 is 11.8 Å². The maximum absolute atomic E-state index is 11.6. The number of hydrogen-bond acceptors (Lipinski definition) is 4. The van der Waals surface area contributed by atoms with Gasteiger partial charge < -0.3 is 9.84 Å². The van der Waals surface area contributed by atoms with E-state index in [0.29, 0.717) is 19.3 Å². The highest BCUT2D eigenvalue weighted by molar-refractivity contribution is 6.19. The molecule has 1 unspecified atom stereocenters. The molecule has 1 rings (SSSR count). The third-order valence-electron chi connectivity index (χ3n) is 2.40. The molecule has 15 heavy (non-hydrogen) atoms. The van der Waals surface area contributed by atoms with Crippen molar-refractivity contribution in [2.45, 2.75) is 45.6 Å². The molecular weight excluding hydrogens is 196 g/mol. The van der Waals surface area contributed by atoms with Crippen molar-refractivity contribution in [3.63, 3.8) is 0 Å². The Morgan fingerprint density at radius 2 is 2.13 bits per heavy atom. The molecular formula is C11H16O4. The molecule has 0 aromatic heterocycles. The molecule has 0 bridgehead atoms. The van der Waals surface area contributed by atoms with Crippen molar-refractivity contribution < 1.29 is 19.4 Å². The van der Waals surface area contributed by atoms with Crippen LogP contribution in [0.1, 0.15) is 39.5 Å². The van der Waals surface area contributed by atoms with Crippen LogP contribution in [0.5, 0.6) is 0 Å². The number of ketones is 1. The van der Waals surface area contributed by atoms with E-state index in [1.54, 1.807) is 0 Å². The number of ether oxygens (including phenoxy) is 1. The minimum atomic E-state index is -0.677. The van der Waals surface area contributed by atoms with Crippen LogP contribution in [-0.2, 0) is 14.3 Å². The molecule has 0 amide bonds. The lowest BCUT2D eigenvalue weighted by Gasteiger charge is -2.22. The van der Waals surface area contributed by atoms with E-state index in [1.165, 1.54) is 0 Å². The van der Waals surface area contributed by atoms with Crippen molar-refractivity contribution in [3.05, 3.63) is 11.3 Å². The zero-order chi connectivity index (χ0) is 11.4. The van der Waals surface area contributed by atoms with Gasteiger partial charge in [-0.3, -0.25) is 4.79 Å². The number of aliphatic hydroxyl groups excluding tert-OH is 1. The van der Waals surface area contributed by atoms with E-state index in [1.807, 2.05) is 13.8 Å². The van der Waals surface area contributed by atoms with Crippen LogP contribution in [0.25, 0.3) is 0 Å². The number of hydrogen-bond donors (Lipinski definition) is 1. The lowest BCUT2D eigenvalue weighted by molar-refractivity contribution is -0.151. The summed E-state index contributed by atoms with van der Waals surface area (Å²) in [6, 6.07) is 0. The van der Waals surface area contributed by atoms with E-state index in [9.17, 15) is 14.7 Å². The summed E-state index contributed by atoms with van der Waals surface area (Å²) in [5.74, 6) is -1.12. The molecule has 1 aliphatic rings. The fourth-order valence-corrected chi connectivity index (χ4v) is 1.54. The molecule has 1 atom stereocenters. The fourth-order valence-electron chi connectivity index (χ4n) is 1.54.